The number of benzene rings is 2. The minimum atomic E-state index is -0.920. The molecule has 0 amide bonds. The number of para-hydroxylation sites is 1. The van der Waals surface area contributed by atoms with E-state index in [1.54, 1.807) is 24.3 Å². The molecule has 1 fully saturated rings. The van der Waals surface area contributed by atoms with Crippen LogP contribution in [0.2, 0.25) is 10.0 Å². The second-order valence-electron chi connectivity index (χ2n) is 5.58. The molecule has 8 heteroatoms. The van der Waals surface area contributed by atoms with Crippen LogP contribution in [0.1, 0.15) is 18.1 Å². The van der Waals surface area contributed by atoms with Gasteiger partial charge in [-0.1, -0.05) is 41.4 Å². The van der Waals surface area contributed by atoms with Gasteiger partial charge in [0.15, 0.2) is 5.75 Å². The Hall–Kier alpha value is -2.31. The molecule has 2 aromatic carbocycles. The number of esters is 2. The first-order valence-electron chi connectivity index (χ1n) is 7.59. The van der Waals surface area contributed by atoms with Gasteiger partial charge in [-0.3, -0.25) is 9.59 Å². The van der Waals surface area contributed by atoms with Gasteiger partial charge in [0.05, 0.1) is 23.6 Å². The molecule has 2 aromatic rings. The van der Waals surface area contributed by atoms with Crippen molar-refractivity contribution in [2.45, 2.75) is 12.5 Å². The zero-order valence-corrected chi connectivity index (χ0v) is 15.0. The highest BCUT2D eigenvalue weighted by molar-refractivity contribution is 6.37. The van der Waals surface area contributed by atoms with Gasteiger partial charge in [0.25, 0.3) is 0 Å². The lowest BCUT2D eigenvalue weighted by Gasteiger charge is -2.19. The van der Waals surface area contributed by atoms with Crippen LogP contribution in [0.4, 0.5) is 4.39 Å². The maximum atomic E-state index is 13.3. The highest BCUT2D eigenvalue weighted by Gasteiger charge is 2.43. The van der Waals surface area contributed by atoms with Crippen LogP contribution in [0.3, 0.4) is 0 Å². The first-order chi connectivity index (χ1) is 12.4. The Kier molecular flexibility index (Phi) is 5.34. The van der Waals surface area contributed by atoms with Gasteiger partial charge in [-0.15, -0.1) is 0 Å². The number of halogens is 3. The lowest BCUT2D eigenvalue weighted by molar-refractivity contribution is -0.143. The second kappa shape index (κ2) is 7.51. The van der Waals surface area contributed by atoms with Gasteiger partial charge in [-0.05, 0) is 18.2 Å². The second-order valence-corrected chi connectivity index (χ2v) is 6.40. The van der Waals surface area contributed by atoms with Gasteiger partial charge in [0.2, 0.25) is 0 Å². The largest absolute Gasteiger partial charge is 0.496 e. The summed E-state index contributed by atoms with van der Waals surface area (Å²) in [5.41, 5.74) is 0.541. The molecule has 0 bridgehead atoms. The van der Waals surface area contributed by atoms with Gasteiger partial charge in [0, 0.05) is 5.56 Å². The molecule has 1 aliphatic heterocycles. The Morgan fingerprint density at radius 1 is 1.23 bits per heavy atom. The van der Waals surface area contributed by atoms with E-state index in [1.807, 2.05) is 0 Å². The number of methoxy groups -OCH3 is 1. The van der Waals surface area contributed by atoms with Crippen LogP contribution in [0.5, 0.6) is 11.5 Å². The van der Waals surface area contributed by atoms with E-state index in [4.69, 9.17) is 37.4 Å². The molecule has 136 valence electrons. The quantitative estimate of drug-likeness (QED) is 0.565. The van der Waals surface area contributed by atoms with Crippen LogP contribution in [-0.2, 0) is 14.3 Å². The Labute approximate surface area is 158 Å². The summed E-state index contributed by atoms with van der Waals surface area (Å²) in [6.45, 7) is 0. The first-order valence-corrected chi connectivity index (χ1v) is 8.35. The number of carbonyl (C=O) groups excluding carboxylic acids is 2. The maximum absolute atomic E-state index is 13.3. The Morgan fingerprint density at radius 3 is 2.54 bits per heavy atom. The fourth-order valence-electron chi connectivity index (χ4n) is 2.75. The lowest BCUT2D eigenvalue weighted by atomic mass is 9.94. The molecule has 26 heavy (non-hydrogen) atoms. The van der Waals surface area contributed by atoms with Gasteiger partial charge in [0.1, 0.15) is 23.6 Å². The predicted molar refractivity (Wildman–Crippen MR) is 92.0 cm³/mol. The number of carbonyl (C=O) groups is 2. The van der Waals surface area contributed by atoms with Gasteiger partial charge in [-0.25, -0.2) is 4.39 Å². The molecule has 0 unspecified atom stereocenters. The zero-order chi connectivity index (χ0) is 18.8. The SMILES string of the molecule is COc1ccccc1[C@H]1OC(=O)C[C@H]1C(=O)Oc1c(Cl)cc(F)cc1Cl. The van der Waals surface area contributed by atoms with Gasteiger partial charge < -0.3 is 14.2 Å². The maximum Gasteiger partial charge on any atom is 0.319 e. The van der Waals surface area contributed by atoms with Crippen molar-refractivity contribution >= 4 is 35.1 Å². The van der Waals surface area contributed by atoms with Crippen molar-refractivity contribution in [3.05, 3.63) is 57.8 Å². The van der Waals surface area contributed by atoms with Crippen LogP contribution in [-0.4, -0.2) is 19.0 Å². The van der Waals surface area contributed by atoms with E-state index < -0.39 is 29.8 Å². The molecule has 0 aliphatic carbocycles. The molecule has 3 rings (SSSR count). The average Bonchev–Trinajstić information content (AvgIpc) is 2.99. The molecule has 0 spiro atoms. The molecule has 1 aliphatic rings. The summed E-state index contributed by atoms with van der Waals surface area (Å²) < 4.78 is 29.1. The minimum Gasteiger partial charge on any atom is -0.496 e. The van der Waals surface area contributed by atoms with Crippen molar-refractivity contribution in [2.75, 3.05) is 7.11 Å². The van der Waals surface area contributed by atoms with Crippen LogP contribution >= 0.6 is 23.2 Å². The molecular weight excluding hydrogens is 386 g/mol. The summed E-state index contributed by atoms with van der Waals surface area (Å²) >= 11 is 11.8. The number of hydrogen-bond acceptors (Lipinski definition) is 5. The molecule has 2 atom stereocenters. The van der Waals surface area contributed by atoms with E-state index in [0.29, 0.717) is 11.3 Å². The molecule has 0 N–H and O–H groups in total. The van der Waals surface area contributed by atoms with Gasteiger partial charge >= 0.3 is 11.9 Å². The third kappa shape index (κ3) is 3.61. The first kappa shape index (κ1) is 18.5. The zero-order valence-electron chi connectivity index (χ0n) is 13.5. The number of cyclic esters (lactones) is 1. The lowest BCUT2D eigenvalue weighted by Crippen LogP contribution is -2.24. The van der Waals surface area contributed by atoms with Crippen LogP contribution < -0.4 is 9.47 Å². The smallest absolute Gasteiger partial charge is 0.319 e. The van der Waals surface area contributed by atoms with E-state index in [9.17, 15) is 14.0 Å². The van der Waals surface area contributed by atoms with Crippen LogP contribution in [0.25, 0.3) is 0 Å². The Bertz CT molecular complexity index is 847. The van der Waals surface area contributed by atoms with E-state index in [2.05, 4.69) is 0 Å². The van der Waals surface area contributed by atoms with Crippen molar-refractivity contribution < 1.29 is 28.2 Å². The molecule has 1 saturated heterocycles. The number of ether oxygens (including phenoxy) is 3. The summed E-state index contributed by atoms with van der Waals surface area (Å²) in [5.74, 6) is -2.58. The Balaban J connectivity index is 1.89. The standard InChI is InChI=1S/C18H13Cl2FO5/c1-24-14-5-3-2-4-10(14)16-11(8-15(22)25-16)18(23)26-17-12(19)6-9(21)7-13(17)20/h2-7,11,16H,8H2,1H3/t11-,16-/m1/s1. The van der Waals surface area contributed by atoms with E-state index >= 15 is 0 Å². The van der Waals surface area contributed by atoms with E-state index in [1.165, 1.54) is 7.11 Å². The van der Waals surface area contributed by atoms with Crippen molar-refractivity contribution in [1.29, 1.82) is 0 Å². The summed E-state index contributed by atoms with van der Waals surface area (Å²) in [6.07, 6.45) is -1.04. The highest BCUT2D eigenvalue weighted by atomic mass is 35.5. The number of hydrogen-bond donors (Lipinski definition) is 0. The van der Waals surface area contributed by atoms with Crippen molar-refractivity contribution in [2.24, 2.45) is 5.92 Å². The predicted octanol–water partition coefficient (Wildman–Crippen LogP) is 4.35. The van der Waals surface area contributed by atoms with E-state index in [-0.39, 0.29) is 22.2 Å². The molecule has 0 aromatic heterocycles. The molecule has 5 nitrogen and oxygen atoms in total. The summed E-state index contributed by atoms with van der Waals surface area (Å²) in [4.78, 5) is 24.4. The Morgan fingerprint density at radius 2 is 1.88 bits per heavy atom. The van der Waals surface area contributed by atoms with Crippen molar-refractivity contribution in [3.63, 3.8) is 0 Å². The summed E-state index contributed by atoms with van der Waals surface area (Å²) in [7, 11) is 1.47. The fourth-order valence-corrected chi connectivity index (χ4v) is 3.29. The molecular formula is C18H13Cl2FO5. The monoisotopic (exact) mass is 398 g/mol. The van der Waals surface area contributed by atoms with Crippen LogP contribution in [0, 0.1) is 11.7 Å². The molecule has 0 saturated carbocycles. The third-order valence-electron chi connectivity index (χ3n) is 3.92. The van der Waals surface area contributed by atoms with Crippen molar-refractivity contribution in [3.8, 4) is 11.5 Å². The normalized spacial score (nSPS) is 19.2. The highest BCUT2D eigenvalue weighted by Crippen LogP contribution is 2.41. The fraction of sp³-hybridized carbons (Fsp3) is 0.222. The summed E-state index contributed by atoms with van der Waals surface area (Å²) in [6, 6.07) is 8.83. The van der Waals surface area contributed by atoms with E-state index in [0.717, 1.165) is 12.1 Å². The van der Waals surface area contributed by atoms with Crippen LogP contribution in [0.15, 0.2) is 36.4 Å². The number of rotatable bonds is 4. The third-order valence-corrected chi connectivity index (χ3v) is 4.49. The van der Waals surface area contributed by atoms with Crippen molar-refractivity contribution in [1.82, 2.24) is 0 Å². The molecule has 1 heterocycles. The van der Waals surface area contributed by atoms with Gasteiger partial charge in [-0.2, -0.15) is 0 Å². The molecule has 0 radical (unpaired) electrons. The summed E-state index contributed by atoms with van der Waals surface area (Å²) in [5, 5.41) is -0.301. The topological polar surface area (TPSA) is 61.8 Å². The minimum absolute atomic E-state index is 0.151. The average molecular weight is 399 g/mol.